The van der Waals surface area contributed by atoms with Crippen molar-refractivity contribution in [3.8, 4) is 0 Å². The largest absolute Gasteiger partial charge is 0.642 e. The number of nitrogens with zero attached hydrogens (tertiary/aromatic N) is 1. The highest BCUT2D eigenvalue weighted by molar-refractivity contribution is 5.44. The molecule has 0 unspecified atom stereocenters. The van der Waals surface area contributed by atoms with E-state index in [2.05, 4.69) is 0 Å². The lowest BCUT2D eigenvalue weighted by Crippen LogP contribution is -2.46. The topological polar surface area (TPSA) is 0 Å². The molecule has 0 atom stereocenters. The molecule has 0 fully saturated rings. The Morgan fingerprint density at radius 1 is 0.611 bits per heavy atom. The molecule has 0 amide bonds. The minimum atomic E-state index is -6.57. The molecule has 0 saturated heterocycles. The molecular formula is C7F10N+. The van der Waals surface area contributed by atoms with Crippen LogP contribution in [0.2, 0.25) is 0 Å². The highest BCUT2D eigenvalue weighted by Crippen LogP contribution is 2.43. The van der Waals surface area contributed by atoms with E-state index in [1.54, 1.807) is 0 Å². The van der Waals surface area contributed by atoms with Gasteiger partial charge in [0.2, 0.25) is 29.1 Å². The molecule has 1 nitrogen and oxygen atoms in total. The first-order valence-electron chi connectivity index (χ1n) is 3.80. The molecule has 0 radical (unpaired) electrons. The maximum Gasteiger partial charge on any atom is 0.642 e. The van der Waals surface area contributed by atoms with Gasteiger partial charge in [0.1, 0.15) is 0 Å². The third kappa shape index (κ3) is 1.87. The third-order valence-electron chi connectivity index (χ3n) is 1.79. The third-order valence-corrected chi connectivity index (χ3v) is 1.79. The Bertz CT molecular complexity index is 461. The molecule has 0 spiro atoms. The van der Waals surface area contributed by atoms with Gasteiger partial charge in [-0.1, -0.05) is 0 Å². The average molecular weight is 288 g/mol. The van der Waals surface area contributed by atoms with Crippen LogP contribution in [0, 0.1) is 29.1 Å². The Labute approximate surface area is 91.3 Å². The van der Waals surface area contributed by atoms with Crippen LogP contribution in [0.15, 0.2) is 0 Å². The normalized spacial score (nSPS) is 13.0. The van der Waals surface area contributed by atoms with Crippen molar-refractivity contribution >= 4 is 5.69 Å². The summed E-state index contributed by atoms with van der Waals surface area (Å²) in [5.74, 6) is -15.1. The molecule has 0 N–H and O–H groups in total. The van der Waals surface area contributed by atoms with Crippen molar-refractivity contribution in [2.75, 3.05) is 0 Å². The van der Waals surface area contributed by atoms with Crippen molar-refractivity contribution in [1.29, 1.82) is 0 Å². The van der Waals surface area contributed by atoms with Gasteiger partial charge in [0.15, 0.2) is 4.93 Å². The molecule has 0 aliphatic heterocycles. The van der Waals surface area contributed by atoms with Crippen LogP contribution in [-0.4, -0.2) is 6.30 Å². The molecule has 0 bridgehead atoms. The van der Waals surface area contributed by atoms with Gasteiger partial charge in [-0.15, -0.1) is 13.2 Å². The summed E-state index contributed by atoms with van der Waals surface area (Å²) in [5.41, 5.74) is -3.29. The minimum absolute atomic E-state index is 2.84. The fourth-order valence-electron chi connectivity index (χ4n) is 0.967. The van der Waals surface area contributed by atoms with E-state index in [9.17, 15) is 44.1 Å². The lowest BCUT2D eigenvalue weighted by Gasteiger charge is -2.16. The van der Waals surface area contributed by atoms with Gasteiger partial charge >= 0.3 is 12.0 Å². The zero-order chi connectivity index (χ0) is 14.5. The second kappa shape index (κ2) is 4.00. The molecule has 102 valence electrons. The van der Waals surface area contributed by atoms with E-state index >= 15 is 0 Å². The van der Waals surface area contributed by atoms with E-state index in [1.807, 2.05) is 0 Å². The van der Waals surface area contributed by atoms with E-state index in [0.29, 0.717) is 0 Å². The van der Waals surface area contributed by atoms with Gasteiger partial charge in [0, 0.05) is 0 Å². The Balaban J connectivity index is 3.72. The van der Waals surface area contributed by atoms with E-state index in [1.165, 1.54) is 0 Å². The molecule has 1 aromatic rings. The molecule has 0 saturated carbocycles. The first-order valence-corrected chi connectivity index (χ1v) is 3.80. The van der Waals surface area contributed by atoms with Gasteiger partial charge in [-0.05, 0) is 0 Å². The van der Waals surface area contributed by atoms with Gasteiger partial charge in [0.25, 0.3) is 0 Å². The first kappa shape index (κ1) is 14.5. The van der Waals surface area contributed by atoms with E-state index in [-0.39, 0.29) is 0 Å². The van der Waals surface area contributed by atoms with Crippen molar-refractivity contribution in [1.82, 2.24) is 4.93 Å². The Morgan fingerprint density at radius 3 is 1.17 bits per heavy atom. The molecule has 1 rings (SSSR count). The lowest BCUT2D eigenvalue weighted by molar-refractivity contribution is -0.378. The standard InChI is InChI=1S/C7F10N/c8-1-2(9)4(11)6(5(12)3(1)10)18(16,17)7(13,14)15/q+1. The van der Waals surface area contributed by atoms with E-state index < -0.39 is 46.0 Å². The fourth-order valence-corrected chi connectivity index (χ4v) is 0.967. The van der Waals surface area contributed by atoms with Gasteiger partial charge in [0.05, 0.1) is 8.96 Å². The lowest BCUT2D eigenvalue weighted by atomic mass is 10.2. The van der Waals surface area contributed by atoms with Crippen LogP contribution in [-0.2, 0) is 0 Å². The molecule has 1 aromatic carbocycles. The summed E-state index contributed by atoms with van der Waals surface area (Å²) < 4.78 is 123. The number of quaternary nitrogens is 1. The van der Waals surface area contributed by atoms with Gasteiger partial charge in [-0.2, -0.15) is 8.78 Å². The van der Waals surface area contributed by atoms with Crippen molar-refractivity contribution in [2.24, 2.45) is 0 Å². The maximum atomic E-state index is 12.7. The molecular weight excluding hydrogens is 288 g/mol. The summed E-state index contributed by atoms with van der Waals surface area (Å²) in [6.07, 6.45) is -6.57. The predicted octanol–water partition coefficient (Wildman–Crippen LogP) is 3.98. The summed E-state index contributed by atoms with van der Waals surface area (Å²) >= 11 is 0. The highest BCUT2D eigenvalue weighted by atomic mass is 19.5. The monoisotopic (exact) mass is 288 g/mol. The Hall–Kier alpha value is -1.52. The molecule has 0 aliphatic rings. The number of hydrogen-bond donors (Lipinski definition) is 0. The molecule has 0 heterocycles. The quantitative estimate of drug-likeness (QED) is 0.241. The van der Waals surface area contributed by atoms with Crippen LogP contribution in [0.4, 0.5) is 49.8 Å². The Morgan fingerprint density at radius 2 is 0.889 bits per heavy atom. The smallest absolute Gasteiger partial charge is 0.200 e. The number of benzene rings is 1. The van der Waals surface area contributed by atoms with Crippen LogP contribution in [0.3, 0.4) is 0 Å². The summed E-state index contributed by atoms with van der Waals surface area (Å²) in [6.45, 7) is 0. The zero-order valence-electron chi connectivity index (χ0n) is 7.73. The van der Waals surface area contributed by atoms with Crippen molar-refractivity contribution in [3.05, 3.63) is 29.1 Å². The van der Waals surface area contributed by atoms with E-state index in [4.69, 9.17) is 0 Å². The fraction of sp³-hybridized carbons (Fsp3) is 0.143. The number of alkyl halides is 3. The second-order valence-corrected chi connectivity index (χ2v) is 2.90. The van der Waals surface area contributed by atoms with Crippen LogP contribution in [0.1, 0.15) is 0 Å². The molecule has 0 aliphatic carbocycles. The summed E-state index contributed by atoms with van der Waals surface area (Å²) in [7, 11) is 0. The Kier molecular flexibility index (Phi) is 3.23. The summed E-state index contributed by atoms with van der Waals surface area (Å²) in [6, 6.07) is 0. The average Bonchev–Trinajstić information content (AvgIpc) is 2.22. The second-order valence-electron chi connectivity index (χ2n) is 2.90. The molecule has 11 heteroatoms. The van der Waals surface area contributed by atoms with Gasteiger partial charge in [-0.3, -0.25) is 0 Å². The minimum Gasteiger partial charge on any atom is -0.200 e. The van der Waals surface area contributed by atoms with Gasteiger partial charge in [-0.25, -0.2) is 13.2 Å². The first-order chi connectivity index (χ1) is 7.93. The number of halogens is 10. The highest BCUT2D eigenvalue weighted by Gasteiger charge is 2.67. The number of rotatable bonds is 1. The summed E-state index contributed by atoms with van der Waals surface area (Å²) in [4.78, 5) is -5.47. The van der Waals surface area contributed by atoms with Crippen LogP contribution < -0.4 is 4.93 Å². The van der Waals surface area contributed by atoms with Gasteiger partial charge < -0.3 is 0 Å². The summed E-state index contributed by atoms with van der Waals surface area (Å²) in [5, 5.41) is 0. The van der Waals surface area contributed by atoms with Crippen molar-refractivity contribution < 1.29 is 44.1 Å². The molecule has 0 aromatic heterocycles. The predicted molar refractivity (Wildman–Crippen MR) is 36.3 cm³/mol. The number of hydrogen-bond acceptors (Lipinski definition) is 0. The van der Waals surface area contributed by atoms with Crippen molar-refractivity contribution in [3.63, 3.8) is 0 Å². The zero-order valence-corrected chi connectivity index (χ0v) is 7.73. The van der Waals surface area contributed by atoms with E-state index in [0.717, 1.165) is 0 Å². The maximum absolute atomic E-state index is 12.7. The van der Waals surface area contributed by atoms with Crippen molar-refractivity contribution in [2.45, 2.75) is 6.30 Å². The van der Waals surface area contributed by atoms with Crippen LogP contribution in [0.5, 0.6) is 0 Å². The SMILES string of the molecule is Fc1c(F)c(F)c([N+](F)(F)C(F)(F)F)c(F)c1F. The molecule has 18 heavy (non-hydrogen) atoms. The van der Waals surface area contributed by atoms with Crippen LogP contribution in [0.25, 0.3) is 0 Å². The van der Waals surface area contributed by atoms with Crippen LogP contribution >= 0.6 is 0 Å².